The van der Waals surface area contributed by atoms with E-state index in [1.165, 1.54) is 0 Å². The van der Waals surface area contributed by atoms with E-state index in [9.17, 15) is 0 Å². The maximum absolute atomic E-state index is 5.20. The number of hydrogen-bond donors (Lipinski definition) is 0. The van der Waals surface area contributed by atoms with E-state index < -0.39 is 0 Å². The third-order valence-electron chi connectivity index (χ3n) is 1.11. The molecular formula is C8H18O2S2. The summed E-state index contributed by atoms with van der Waals surface area (Å²) in [5.74, 6) is 2.15. The Balaban J connectivity index is 2.73. The van der Waals surface area contributed by atoms with Crippen LogP contribution in [0, 0.1) is 0 Å². The van der Waals surface area contributed by atoms with Gasteiger partial charge in [0.15, 0.2) is 0 Å². The highest BCUT2D eigenvalue weighted by Gasteiger charge is 1.90. The van der Waals surface area contributed by atoms with Crippen LogP contribution in [0.1, 0.15) is 13.8 Å². The molecule has 0 spiro atoms. The van der Waals surface area contributed by atoms with Crippen molar-refractivity contribution in [3.63, 3.8) is 0 Å². The fourth-order valence-electron chi connectivity index (χ4n) is 0.592. The molecule has 0 aliphatic heterocycles. The van der Waals surface area contributed by atoms with Crippen molar-refractivity contribution in [1.82, 2.24) is 0 Å². The fraction of sp³-hybridized carbons (Fsp3) is 1.00. The van der Waals surface area contributed by atoms with Gasteiger partial charge >= 0.3 is 0 Å². The second-order valence-electron chi connectivity index (χ2n) is 2.04. The lowest BCUT2D eigenvalue weighted by Gasteiger charge is -2.01. The molecule has 2 nitrogen and oxygen atoms in total. The topological polar surface area (TPSA) is 18.5 Å². The minimum Gasteiger partial charge on any atom is -0.381 e. The van der Waals surface area contributed by atoms with Crippen molar-refractivity contribution in [2.75, 3.05) is 37.9 Å². The van der Waals surface area contributed by atoms with Crippen molar-refractivity contribution >= 4 is 21.6 Å². The van der Waals surface area contributed by atoms with Crippen molar-refractivity contribution in [2.45, 2.75) is 13.8 Å². The normalized spacial score (nSPS) is 10.5. The Hall–Kier alpha value is 0.620. The van der Waals surface area contributed by atoms with E-state index in [0.29, 0.717) is 0 Å². The van der Waals surface area contributed by atoms with Gasteiger partial charge in [-0.15, -0.1) is 0 Å². The number of hydrogen-bond acceptors (Lipinski definition) is 4. The largest absolute Gasteiger partial charge is 0.381 e. The summed E-state index contributed by atoms with van der Waals surface area (Å²) in [6, 6.07) is 0. The Morgan fingerprint density at radius 2 is 1.25 bits per heavy atom. The van der Waals surface area contributed by atoms with Gasteiger partial charge < -0.3 is 9.47 Å². The zero-order chi connectivity index (χ0) is 9.07. The van der Waals surface area contributed by atoms with Crippen molar-refractivity contribution in [3.8, 4) is 0 Å². The van der Waals surface area contributed by atoms with Crippen LogP contribution in [0.25, 0.3) is 0 Å². The Bertz CT molecular complexity index is 71.5. The third kappa shape index (κ3) is 10.6. The van der Waals surface area contributed by atoms with Gasteiger partial charge in [-0.1, -0.05) is 21.6 Å². The van der Waals surface area contributed by atoms with E-state index >= 15 is 0 Å². The first-order valence-corrected chi connectivity index (χ1v) is 6.80. The van der Waals surface area contributed by atoms with Crippen molar-refractivity contribution < 1.29 is 9.47 Å². The summed E-state index contributed by atoms with van der Waals surface area (Å²) in [6.45, 7) is 7.42. The highest BCUT2D eigenvalue weighted by atomic mass is 33.1. The van der Waals surface area contributed by atoms with Crippen LogP contribution in [-0.2, 0) is 9.47 Å². The Morgan fingerprint density at radius 1 is 0.833 bits per heavy atom. The molecule has 0 fully saturated rings. The average Bonchev–Trinajstić information content (AvgIpc) is 2.10. The summed E-state index contributed by atoms with van der Waals surface area (Å²) in [4.78, 5) is 0. The molecule has 0 saturated carbocycles. The first-order valence-electron chi connectivity index (χ1n) is 4.31. The van der Waals surface area contributed by atoms with E-state index in [0.717, 1.165) is 37.9 Å². The molecule has 0 bridgehead atoms. The lowest BCUT2D eigenvalue weighted by atomic mass is 10.8. The highest BCUT2D eigenvalue weighted by Crippen LogP contribution is 2.19. The summed E-state index contributed by atoms with van der Waals surface area (Å²) in [7, 11) is 3.71. The zero-order valence-corrected chi connectivity index (χ0v) is 9.51. The minimum absolute atomic E-state index is 0.824. The second-order valence-corrected chi connectivity index (χ2v) is 4.74. The van der Waals surface area contributed by atoms with E-state index in [1.807, 2.05) is 35.4 Å². The predicted molar refractivity (Wildman–Crippen MR) is 57.9 cm³/mol. The van der Waals surface area contributed by atoms with Gasteiger partial charge in [-0.3, -0.25) is 0 Å². The molecule has 0 aromatic carbocycles. The summed E-state index contributed by atoms with van der Waals surface area (Å²) < 4.78 is 10.4. The quantitative estimate of drug-likeness (QED) is 0.429. The molecule has 0 heterocycles. The van der Waals surface area contributed by atoms with Gasteiger partial charge in [-0.2, -0.15) is 0 Å². The summed E-state index contributed by atoms with van der Waals surface area (Å²) in [6.07, 6.45) is 0. The lowest BCUT2D eigenvalue weighted by molar-refractivity contribution is 0.164. The summed E-state index contributed by atoms with van der Waals surface area (Å²) in [5.41, 5.74) is 0. The van der Waals surface area contributed by atoms with Crippen LogP contribution in [0.3, 0.4) is 0 Å². The molecule has 0 rings (SSSR count). The number of ether oxygens (including phenoxy) is 2. The standard InChI is InChI=1S/C8H18O2S2/c1-3-9-5-7-11-12-8-6-10-4-2/h3-8H2,1-2H3. The van der Waals surface area contributed by atoms with Crippen LogP contribution in [0.4, 0.5) is 0 Å². The second kappa shape index (κ2) is 11.6. The average molecular weight is 210 g/mol. The van der Waals surface area contributed by atoms with E-state index in [4.69, 9.17) is 9.47 Å². The van der Waals surface area contributed by atoms with Gasteiger partial charge in [-0.05, 0) is 13.8 Å². The predicted octanol–water partition coefficient (Wildman–Crippen LogP) is 2.44. The molecule has 0 radical (unpaired) electrons. The maximum atomic E-state index is 5.20. The van der Waals surface area contributed by atoms with Crippen molar-refractivity contribution in [3.05, 3.63) is 0 Å². The molecule has 0 aliphatic carbocycles. The van der Waals surface area contributed by atoms with Gasteiger partial charge in [0.2, 0.25) is 0 Å². The molecule has 0 atom stereocenters. The van der Waals surface area contributed by atoms with Crippen molar-refractivity contribution in [1.29, 1.82) is 0 Å². The van der Waals surface area contributed by atoms with Crippen LogP contribution >= 0.6 is 21.6 Å². The fourth-order valence-corrected chi connectivity index (χ4v) is 2.32. The lowest BCUT2D eigenvalue weighted by Crippen LogP contribution is -1.97. The van der Waals surface area contributed by atoms with Gasteiger partial charge in [0.05, 0.1) is 13.2 Å². The first-order chi connectivity index (χ1) is 5.91. The molecule has 0 N–H and O–H groups in total. The van der Waals surface area contributed by atoms with Gasteiger partial charge in [0.1, 0.15) is 0 Å². The van der Waals surface area contributed by atoms with Crippen LogP contribution < -0.4 is 0 Å². The molecule has 74 valence electrons. The van der Waals surface area contributed by atoms with Crippen LogP contribution in [0.15, 0.2) is 0 Å². The van der Waals surface area contributed by atoms with Gasteiger partial charge in [0, 0.05) is 24.7 Å². The Labute approximate surface area is 83.2 Å². The summed E-state index contributed by atoms with van der Waals surface area (Å²) in [5, 5.41) is 0. The third-order valence-corrected chi connectivity index (χ3v) is 3.45. The van der Waals surface area contributed by atoms with Gasteiger partial charge in [0.25, 0.3) is 0 Å². The van der Waals surface area contributed by atoms with Crippen LogP contribution in [-0.4, -0.2) is 37.9 Å². The number of rotatable bonds is 9. The smallest absolute Gasteiger partial charge is 0.0564 e. The zero-order valence-electron chi connectivity index (χ0n) is 7.88. The molecule has 0 unspecified atom stereocenters. The monoisotopic (exact) mass is 210 g/mol. The van der Waals surface area contributed by atoms with E-state index in [1.54, 1.807) is 0 Å². The van der Waals surface area contributed by atoms with Gasteiger partial charge in [-0.25, -0.2) is 0 Å². The SMILES string of the molecule is CCOCCSSCCOCC. The molecule has 0 aromatic rings. The Kier molecular flexibility index (Phi) is 12.2. The van der Waals surface area contributed by atoms with E-state index in [-0.39, 0.29) is 0 Å². The molecule has 0 aromatic heterocycles. The minimum atomic E-state index is 0.824. The Morgan fingerprint density at radius 3 is 1.58 bits per heavy atom. The first kappa shape index (κ1) is 12.6. The van der Waals surface area contributed by atoms with Crippen LogP contribution in [0.2, 0.25) is 0 Å². The van der Waals surface area contributed by atoms with Crippen molar-refractivity contribution in [2.24, 2.45) is 0 Å². The van der Waals surface area contributed by atoms with E-state index in [2.05, 4.69) is 0 Å². The maximum Gasteiger partial charge on any atom is 0.0564 e. The molecular weight excluding hydrogens is 192 g/mol. The molecule has 0 saturated heterocycles. The molecule has 0 aliphatic rings. The van der Waals surface area contributed by atoms with Crippen LogP contribution in [0.5, 0.6) is 0 Å². The molecule has 12 heavy (non-hydrogen) atoms. The molecule has 4 heteroatoms. The summed E-state index contributed by atoms with van der Waals surface area (Å²) >= 11 is 0. The highest BCUT2D eigenvalue weighted by molar-refractivity contribution is 8.76. The molecule has 0 amide bonds.